The SMILES string of the molecule is CCc1cnc(CNCCCC2CCCO2)o1. The molecule has 1 N–H and O–H groups in total. The Hall–Kier alpha value is -0.870. The number of hydrogen-bond acceptors (Lipinski definition) is 4. The van der Waals surface area contributed by atoms with E-state index >= 15 is 0 Å². The molecule has 96 valence electrons. The molecular formula is C13H22N2O2. The Kier molecular flexibility index (Phi) is 5.01. The molecule has 0 spiro atoms. The lowest BCUT2D eigenvalue weighted by Gasteiger charge is -2.08. The molecule has 0 saturated carbocycles. The number of hydrogen-bond donors (Lipinski definition) is 1. The minimum atomic E-state index is 0.505. The maximum absolute atomic E-state index is 5.58. The van der Waals surface area contributed by atoms with Crippen LogP contribution in [-0.4, -0.2) is 24.2 Å². The minimum absolute atomic E-state index is 0.505. The summed E-state index contributed by atoms with van der Waals surface area (Å²) in [4.78, 5) is 4.21. The van der Waals surface area contributed by atoms with Crippen LogP contribution in [0.3, 0.4) is 0 Å². The summed E-state index contributed by atoms with van der Waals surface area (Å²) in [5.41, 5.74) is 0. The minimum Gasteiger partial charge on any atom is -0.444 e. The fourth-order valence-electron chi connectivity index (χ4n) is 2.12. The van der Waals surface area contributed by atoms with Gasteiger partial charge in [0.1, 0.15) is 5.76 Å². The molecule has 0 aliphatic carbocycles. The van der Waals surface area contributed by atoms with Gasteiger partial charge in [0.15, 0.2) is 0 Å². The van der Waals surface area contributed by atoms with Crippen molar-refractivity contribution in [1.29, 1.82) is 0 Å². The first kappa shape index (κ1) is 12.6. The van der Waals surface area contributed by atoms with Crippen LogP contribution in [0.5, 0.6) is 0 Å². The second kappa shape index (κ2) is 6.77. The smallest absolute Gasteiger partial charge is 0.208 e. The van der Waals surface area contributed by atoms with Crippen LogP contribution in [-0.2, 0) is 17.7 Å². The van der Waals surface area contributed by atoms with Crippen LogP contribution in [0.25, 0.3) is 0 Å². The number of aromatic nitrogens is 1. The van der Waals surface area contributed by atoms with Crippen molar-refractivity contribution >= 4 is 0 Å². The average molecular weight is 238 g/mol. The first-order valence-corrected chi connectivity index (χ1v) is 6.64. The topological polar surface area (TPSA) is 47.3 Å². The molecule has 0 amide bonds. The van der Waals surface area contributed by atoms with Gasteiger partial charge in [-0.05, 0) is 32.2 Å². The molecule has 0 aromatic carbocycles. The molecule has 2 rings (SSSR count). The molecular weight excluding hydrogens is 216 g/mol. The van der Waals surface area contributed by atoms with Gasteiger partial charge in [-0.2, -0.15) is 0 Å². The Balaban J connectivity index is 1.53. The van der Waals surface area contributed by atoms with E-state index in [1.165, 1.54) is 19.3 Å². The van der Waals surface area contributed by atoms with Gasteiger partial charge >= 0.3 is 0 Å². The second-order valence-electron chi connectivity index (χ2n) is 4.53. The van der Waals surface area contributed by atoms with Gasteiger partial charge in [-0.15, -0.1) is 0 Å². The van der Waals surface area contributed by atoms with Crippen molar-refractivity contribution in [3.63, 3.8) is 0 Å². The Morgan fingerprint density at radius 3 is 3.18 bits per heavy atom. The number of nitrogens with one attached hydrogen (secondary N) is 1. The molecule has 1 aliphatic rings. The van der Waals surface area contributed by atoms with Crippen LogP contribution in [0.4, 0.5) is 0 Å². The Labute approximate surface area is 103 Å². The van der Waals surface area contributed by atoms with E-state index in [9.17, 15) is 0 Å². The molecule has 4 heteroatoms. The Bertz CT molecular complexity index is 319. The summed E-state index contributed by atoms with van der Waals surface area (Å²) in [5.74, 6) is 1.75. The zero-order valence-electron chi connectivity index (χ0n) is 10.6. The fourth-order valence-corrected chi connectivity index (χ4v) is 2.12. The van der Waals surface area contributed by atoms with Crippen molar-refractivity contribution in [2.45, 2.75) is 51.7 Å². The summed E-state index contributed by atoms with van der Waals surface area (Å²) >= 11 is 0. The predicted molar refractivity (Wildman–Crippen MR) is 65.8 cm³/mol. The highest BCUT2D eigenvalue weighted by Crippen LogP contribution is 2.16. The molecule has 1 aromatic heterocycles. The second-order valence-corrected chi connectivity index (χ2v) is 4.53. The molecule has 4 nitrogen and oxygen atoms in total. The summed E-state index contributed by atoms with van der Waals surface area (Å²) in [6.07, 6.45) is 8.01. The van der Waals surface area contributed by atoms with E-state index < -0.39 is 0 Å². The highest BCUT2D eigenvalue weighted by atomic mass is 16.5. The van der Waals surface area contributed by atoms with E-state index in [-0.39, 0.29) is 0 Å². The largest absolute Gasteiger partial charge is 0.444 e. The molecule has 1 aromatic rings. The zero-order chi connectivity index (χ0) is 11.9. The van der Waals surface area contributed by atoms with E-state index in [2.05, 4.69) is 17.2 Å². The summed E-state index contributed by atoms with van der Waals surface area (Å²) in [6, 6.07) is 0. The van der Waals surface area contributed by atoms with Crippen molar-refractivity contribution in [3.8, 4) is 0 Å². The molecule has 1 fully saturated rings. The van der Waals surface area contributed by atoms with Gasteiger partial charge in [-0.25, -0.2) is 4.98 Å². The van der Waals surface area contributed by atoms with Gasteiger partial charge in [-0.1, -0.05) is 6.92 Å². The molecule has 1 aliphatic heterocycles. The van der Waals surface area contributed by atoms with Gasteiger partial charge in [0.2, 0.25) is 5.89 Å². The van der Waals surface area contributed by atoms with Crippen molar-refractivity contribution < 1.29 is 9.15 Å². The lowest BCUT2D eigenvalue weighted by atomic mass is 10.1. The summed E-state index contributed by atoms with van der Waals surface area (Å²) in [5, 5.41) is 3.35. The summed E-state index contributed by atoms with van der Waals surface area (Å²) < 4.78 is 11.1. The lowest BCUT2D eigenvalue weighted by Crippen LogP contribution is -2.17. The zero-order valence-corrected chi connectivity index (χ0v) is 10.6. The number of aryl methyl sites for hydroxylation is 1. The summed E-state index contributed by atoms with van der Waals surface area (Å²) in [6.45, 7) is 4.75. The van der Waals surface area contributed by atoms with Crippen molar-refractivity contribution in [2.24, 2.45) is 0 Å². The molecule has 0 bridgehead atoms. The molecule has 17 heavy (non-hydrogen) atoms. The maximum atomic E-state index is 5.58. The van der Waals surface area contributed by atoms with Crippen LogP contribution < -0.4 is 5.32 Å². The third kappa shape index (κ3) is 4.13. The molecule has 1 saturated heterocycles. The van der Waals surface area contributed by atoms with Gasteiger partial charge in [0.25, 0.3) is 0 Å². The van der Waals surface area contributed by atoms with Crippen LogP contribution in [0.1, 0.15) is 44.3 Å². The average Bonchev–Trinajstić information content (AvgIpc) is 2.99. The normalized spacial score (nSPS) is 19.9. The van der Waals surface area contributed by atoms with Gasteiger partial charge in [0.05, 0.1) is 18.8 Å². The highest BCUT2D eigenvalue weighted by molar-refractivity contribution is 4.93. The van der Waals surface area contributed by atoms with E-state index in [0.29, 0.717) is 6.10 Å². The van der Waals surface area contributed by atoms with E-state index in [1.807, 2.05) is 6.20 Å². The van der Waals surface area contributed by atoms with Crippen LogP contribution in [0.15, 0.2) is 10.6 Å². The third-order valence-electron chi connectivity index (χ3n) is 3.13. The van der Waals surface area contributed by atoms with Gasteiger partial charge < -0.3 is 14.5 Å². The first-order valence-electron chi connectivity index (χ1n) is 6.64. The maximum Gasteiger partial charge on any atom is 0.208 e. The van der Waals surface area contributed by atoms with Crippen molar-refractivity contribution in [3.05, 3.63) is 17.8 Å². The summed E-state index contributed by atoms with van der Waals surface area (Å²) in [7, 11) is 0. The van der Waals surface area contributed by atoms with E-state index in [1.54, 1.807) is 0 Å². The molecule has 2 heterocycles. The van der Waals surface area contributed by atoms with Crippen LogP contribution >= 0.6 is 0 Å². The first-order chi connectivity index (χ1) is 8.38. The van der Waals surface area contributed by atoms with E-state index in [4.69, 9.17) is 9.15 Å². The fraction of sp³-hybridized carbons (Fsp3) is 0.769. The lowest BCUT2D eigenvalue weighted by molar-refractivity contribution is 0.102. The molecule has 0 radical (unpaired) electrons. The van der Waals surface area contributed by atoms with Crippen molar-refractivity contribution in [1.82, 2.24) is 10.3 Å². The Morgan fingerprint density at radius 1 is 1.53 bits per heavy atom. The number of oxazole rings is 1. The van der Waals surface area contributed by atoms with E-state index in [0.717, 1.165) is 44.2 Å². The standard InChI is InChI=1S/C13H22N2O2/c1-2-11-9-15-13(17-11)10-14-7-3-5-12-6-4-8-16-12/h9,12,14H,2-8,10H2,1H3. The van der Waals surface area contributed by atoms with Crippen LogP contribution in [0, 0.1) is 0 Å². The molecule has 1 unspecified atom stereocenters. The van der Waals surface area contributed by atoms with Crippen molar-refractivity contribution in [2.75, 3.05) is 13.2 Å². The Morgan fingerprint density at radius 2 is 2.47 bits per heavy atom. The number of rotatable bonds is 7. The number of ether oxygens (including phenoxy) is 1. The third-order valence-corrected chi connectivity index (χ3v) is 3.13. The van der Waals surface area contributed by atoms with Gasteiger partial charge in [-0.3, -0.25) is 0 Å². The monoisotopic (exact) mass is 238 g/mol. The van der Waals surface area contributed by atoms with Gasteiger partial charge in [0, 0.05) is 13.0 Å². The predicted octanol–water partition coefficient (Wildman–Crippen LogP) is 2.29. The quantitative estimate of drug-likeness (QED) is 0.740. The van der Waals surface area contributed by atoms with Crippen LogP contribution in [0.2, 0.25) is 0 Å². The highest BCUT2D eigenvalue weighted by Gasteiger charge is 2.14. The number of nitrogens with zero attached hydrogens (tertiary/aromatic N) is 1. The molecule has 1 atom stereocenters.